The summed E-state index contributed by atoms with van der Waals surface area (Å²) in [6.07, 6.45) is 5.90. The summed E-state index contributed by atoms with van der Waals surface area (Å²) in [5, 5.41) is 7.18. The molecule has 0 rings (SSSR count). The van der Waals surface area contributed by atoms with Crippen LogP contribution in [0.2, 0.25) is 0 Å². The SMILES string of the molecule is CCCCC(CC)CN(C)CCC(=N)N. The van der Waals surface area contributed by atoms with Gasteiger partial charge in [-0.2, -0.15) is 0 Å². The zero-order valence-corrected chi connectivity index (χ0v) is 10.6. The Morgan fingerprint density at radius 2 is 2.07 bits per heavy atom. The third-order valence-electron chi connectivity index (χ3n) is 2.88. The number of amidine groups is 1. The topological polar surface area (TPSA) is 53.1 Å². The van der Waals surface area contributed by atoms with Gasteiger partial charge in [-0.3, -0.25) is 5.41 Å². The molecule has 0 aromatic rings. The average molecular weight is 213 g/mol. The number of rotatable bonds is 9. The number of nitrogens with zero attached hydrogens (tertiary/aromatic N) is 1. The fraction of sp³-hybridized carbons (Fsp3) is 0.917. The van der Waals surface area contributed by atoms with Crippen molar-refractivity contribution in [3.05, 3.63) is 0 Å². The Balaban J connectivity index is 3.69. The van der Waals surface area contributed by atoms with E-state index in [2.05, 4.69) is 25.8 Å². The van der Waals surface area contributed by atoms with Gasteiger partial charge >= 0.3 is 0 Å². The summed E-state index contributed by atoms with van der Waals surface area (Å²) in [5.74, 6) is 1.10. The Morgan fingerprint density at radius 1 is 1.40 bits per heavy atom. The highest BCUT2D eigenvalue weighted by Crippen LogP contribution is 2.13. The molecule has 0 spiro atoms. The van der Waals surface area contributed by atoms with Gasteiger partial charge in [-0.05, 0) is 19.4 Å². The Morgan fingerprint density at radius 3 is 2.53 bits per heavy atom. The van der Waals surface area contributed by atoms with Crippen LogP contribution in [0.5, 0.6) is 0 Å². The zero-order valence-electron chi connectivity index (χ0n) is 10.6. The van der Waals surface area contributed by atoms with Crippen molar-refractivity contribution in [3.63, 3.8) is 0 Å². The van der Waals surface area contributed by atoms with Crippen LogP contribution in [0.25, 0.3) is 0 Å². The van der Waals surface area contributed by atoms with Gasteiger partial charge in [0.2, 0.25) is 0 Å². The predicted octanol–water partition coefficient (Wildman–Crippen LogP) is 2.46. The van der Waals surface area contributed by atoms with E-state index in [0.29, 0.717) is 12.3 Å². The molecule has 0 saturated carbocycles. The molecule has 0 aromatic heterocycles. The summed E-state index contributed by atoms with van der Waals surface area (Å²) in [6, 6.07) is 0. The van der Waals surface area contributed by atoms with Crippen LogP contribution in [-0.2, 0) is 0 Å². The van der Waals surface area contributed by atoms with Crippen LogP contribution in [0.15, 0.2) is 0 Å². The molecular formula is C12H27N3. The van der Waals surface area contributed by atoms with E-state index in [1.54, 1.807) is 0 Å². The van der Waals surface area contributed by atoms with Crippen molar-refractivity contribution in [1.82, 2.24) is 4.90 Å². The molecule has 3 N–H and O–H groups in total. The molecule has 0 saturated heterocycles. The second-order valence-corrected chi connectivity index (χ2v) is 4.45. The number of nitrogens with one attached hydrogen (secondary N) is 1. The van der Waals surface area contributed by atoms with Gasteiger partial charge in [-0.25, -0.2) is 0 Å². The lowest BCUT2D eigenvalue weighted by Gasteiger charge is -2.22. The Bertz CT molecular complexity index is 168. The number of hydrogen-bond acceptors (Lipinski definition) is 2. The van der Waals surface area contributed by atoms with Gasteiger partial charge in [0.25, 0.3) is 0 Å². The van der Waals surface area contributed by atoms with Crippen molar-refractivity contribution in [2.75, 3.05) is 20.1 Å². The summed E-state index contributed by atoms with van der Waals surface area (Å²) in [5.41, 5.74) is 5.34. The summed E-state index contributed by atoms with van der Waals surface area (Å²) in [7, 11) is 2.12. The lowest BCUT2D eigenvalue weighted by Crippen LogP contribution is -2.29. The minimum Gasteiger partial charge on any atom is -0.388 e. The smallest absolute Gasteiger partial charge is 0.0918 e. The van der Waals surface area contributed by atoms with Crippen LogP contribution < -0.4 is 5.73 Å². The van der Waals surface area contributed by atoms with Crippen LogP contribution in [0, 0.1) is 11.3 Å². The van der Waals surface area contributed by atoms with E-state index in [0.717, 1.165) is 19.0 Å². The van der Waals surface area contributed by atoms with Crippen molar-refractivity contribution < 1.29 is 0 Å². The summed E-state index contributed by atoms with van der Waals surface area (Å²) in [6.45, 7) is 6.56. The van der Waals surface area contributed by atoms with E-state index in [1.807, 2.05) is 0 Å². The van der Waals surface area contributed by atoms with Crippen LogP contribution in [0.3, 0.4) is 0 Å². The lowest BCUT2D eigenvalue weighted by atomic mass is 9.99. The molecule has 0 aliphatic heterocycles. The molecule has 1 atom stereocenters. The highest BCUT2D eigenvalue weighted by molar-refractivity contribution is 5.76. The molecule has 0 aromatic carbocycles. The van der Waals surface area contributed by atoms with E-state index in [1.165, 1.54) is 25.7 Å². The molecule has 90 valence electrons. The van der Waals surface area contributed by atoms with E-state index < -0.39 is 0 Å². The van der Waals surface area contributed by atoms with Gasteiger partial charge in [0.15, 0.2) is 0 Å². The van der Waals surface area contributed by atoms with Gasteiger partial charge in [0, 0.05) is 19.5 Å². The summed E-state index contributed by atoms with van der Waals surface area (Å²) >= 11 is 0. The molecule has 15 heavy (non-hydrogen) atoms. The standard InChI is InChI=1S/C12H27N3/c1-4-6-7-11(5-2)10-15(3)9-8-12(13)14/h11H,4-10H2,1-3H3,(H3,13,14). The monoisotopic (exact) mass is 213 g/mol. The molecule has 3 heteroatoms. The first kappa shape index (κ1) is 14.4. The van der Waals surface area contributed by atoms with Gasteiger partial charge in [0.1, 0.15) is 0 Å². The first-order valence-electron chi connectivity index (χ1n) is 6.11. The summed E-state index contributed by atoms with van der Waals surface area (Å²) < 4.78 is 0. The first-order chi connectivity index (χ1) is 7.10. The third-order valence-corrected chi connectivity index (χ3v) is 2.88. The molecule has 0 aliphatic carbocycles. The van der Waals surface area contributed by atoms with Crippen molar-refractivity contribution in [2.24, 2.45) is 11.7 Å². The highest BCUT2D eigenvalue weighted by Gasteiger charge is 2.09. The quantitative estimate of drug-likeness (QED) is 0.456. The molecule has 0 fully saturated rings. The second-order valence-electron chi connectivity index (χ2n) is 4.45. The van der Waals surface area contributed by atoms with Crippen molar-refractivity contribution in [2.45, 2.75) is 46.0 Å². The minimum absolute atomic E-state index is 0.295. The van der Waals surface area contributed by atoms with E-state index in [-0.39, 0.29) is 0 Å². The molecule has 0 radical (unpaired) electrons. The number of nitrogens with two attached hydrogens (primary N) is 1. The number of unbranched alkanes of at least 4 members (excludes halogenated alkanes) is 1. The van der Waals surface area contributed by atoms with Crippen molar-refractivity contribution >= 4 is 5.84 Å². The van der Waals surface area contributed by atoms with Crippen LogP contribution in [0.1, 0.15) is 46.0 Å². The first-order valence-corrected chi connectivity index (χ1v) is 6.11. The van der Waals surface area contributed by atoms with Crippen LogP contribution in [-0.4, -0.2) is 30.9 Å². The molecule has 0 bridgehead atoms. The summed E-state index contributed by atoms with van der Waals surface area (Å²) in [4.78, 5) is 2.30. The fourth-order valence-electron chi connectivity index (χ4n) is 1.76. The van der Waals surface area contributed by atoms with E-state index in [4.69, 9.17) is 11.1 Å². The normalized spacial score (nSPS) is 13.1. The largest absolute Gasteiger partial charge is 0.388 e. The maximum Gasteiger partial charge on any atom is 0.0918 e. The minimum atomic E-state index is 0.295. The van der Waals surface area contributed by atoms with E-state index in [9.17, 15) is 0 Å². The number of hydrogen-bond donors (Lipinski definition) is 2. The fourth-order valence-corrected chi connectivity index (χ4v) is 1.76. The molecule has 3 nitrogen and oxygen atoms in total. The Kier molecular flexibility index (Phi) is 8.38. The molecule has 0 amide bonds. The van der Waals surface area contributed by atoms with Gasteiger partial charge in [0.05, 0.1) is 5.84 Å². The Labute approximate surface area is 94.5 Å². The molecular weight excluding hydrogens is 186 g/mol. The average Bonchev–Trinajstić information content (AvgIpc) is 2.21. The zero-order chi connectivity index (χ0) is 11.7. The van der Waals surface area contributed by atoms with Gasteiger partial charge in [-0.1, -0.05) is 33.1 Å². The maximum atomic E-state index is 7.18. The van der Waals surface area contributed by atoms with Crippen molar-refractivity contribution in [1.29, 1.82) is 5.41 Å². The molecule has 0 aliphatic rings. The van der Waals surface area contributed by atoms with Crippen molar-refractivity contribution in [3.8, 4) is 0 Å². The third kappa shape index (κ3) is 8.43. The van der Waals surface area contributed by atoms with Crippen LogP contribution in [0.4, 0.5) is 0 Å². The van der Waals surface area contributed by atoms with Gasteiger partial charge in [-0.15, -0.1) is 0 Å². The highest BCUT2D eigenvalue weighted by atomic mass is 15.1. The molecule has 0 heterocycles. The predicted molar refractivity (Wildman–Crippen MR) is 67.3 cm³/mol. The van der Waals surface area contributed by atoms with Crippen LogP contribution >= 0.6 is 0 Å². The lowest BCUT2D eigenvalue weighted by molar-refractivity contribution is 0.265. The van der Waals surface area contributed by atoms with Gasteiger partial charge < -0.3 is 10.6 Å². The Hall–Kier alpha value is -0.570. The second kappa shape index (κ2) is 8.72. The molecule has 1 unspecified atom stereocenters. The maximum absolute atomic E-state index is 7.18. The van der Waals surface area contributed by atoms with E-state index >= 15 is 0 Å².